The second-order valence-corrected chi connectivity index (χ2v) is 4.67. The van der Waals surface area contributed by atoms with E-state index in [-0.39, 0.29) is 0 Å². The van der Waals surface area contributed by atoms with Crippen LogP contribution >= 0.6 is 0 Å². The first-order valence-electron chi connectivity index (χ1n) is 5.38. The Hall–Kier alpha value is -1.70. The molecule has 0 aliphatic rings. The smallest absolute Gasteiger partial charge is 0.129 e. The van der Waals surface area contributed by atoms with Gasteiger partial charge in [0.2, 0.25) is 0 Å². The van der Waals surface area contributed by atoms with Crippen LogP contribution in [-0.2, 0) is 10.2 Å². The van der Waals surface area contributed by atoms with Crippen LogP contribution in [0.4, 0.5) is 0 Å². The van der Waals surface area contributed by atoms with Gasteiger partial charge in [0.15, 0.2) is 0 Å². The number of fused-ring (bicyclic) bond motifs is 1. The van der Waals surface area contributed by atoms with E-state index in [0.717, 1.165) is 28.4 Å². The van der Waals surface area contributed by atoms with Gasteiger partial charge in [-0.15, -0.1) is 0 Å². The van der Waals surface area contributed by atoms with Crippen LogP contribution in [0.15, 0.2) is 30.3 Å². The molecule has 0 bridgehead atoms. The molecule has 1 aromatic heterocycles. The molecule has 16 heavy (non-hydrogen) atoms. The van der Waals surface area contributed by atoms with Crippen LogP contribution in [0.3, 0.4) is 0 Å². The largest absolute Gasteiger partial charge is 0.302 e. The summed E-state index contributed by atoms with van der Waals surface area (Å²) in [5.74, 6) is 0. The SMILES string of the molecule is Cc1cc(C(C)(C)C=O)c2ccccc2n1. The molecule has 0 spiro atoms. The highest BCUT2D eigenvalue weighted by Crippen LogP contribution is 2.28. The fourth-order valence-electron chi connectivity index (χ4n) is 1.90. The van der Waals surface area contributed by atoms with E-state index in [1.54, 1.807) is 0 Å². The monoisotopic (exact) mass is 213 g/mol. The van der Waals surface area contributed by atoms with E-state index in [4.69, 9.17) is 0 Å². The first kappa shape index (κ1) is 10.8. The average molecular weight is 213 g/mol. The number of rotatable bonds is 2. The van der Waals surface area contributed by atoms with Crippen LogP contribution in [0, 0.1) is 6.92 Å². The first-order valence-corrected chi connectivity index (χ1v) is 5.38. The molecule has 1 heterocycles. The fraction of sp³-hybridized carbons (Fsp3) is 0.286. The van der Waals surface area contributed by atoms with Crippen LogP contribution in [0.2, 0.25) is 0 Å². The minimum Gasteiger partial charge on any atom is -0.302 e. The lowest BCUT2D eigenvalue weighted by Crippen LogP contribution is -2.19. The third kappa shape index (κ3) is 1.71. The molecule has 0 aliphatic heterocycles. The number of carbonyl (C=O) groups excluding carboxylic acids is 1. The molecule has 2 aromatic rings. The van der Waals surface area contributed by atoms with Crippen molar-refractivity contribution in [2.75, 3.05) is 0 Å². The van der Waals surface area contributed by atoms with Crippen LogP contribution in [0.5, 0.6) is 0 Å². The van der Waals surface area contributed by atoms with Gasteiger partial charge in [-0.25, -0.2) is 0 Å². The standard InChI is InChI=1S/C14H15NO/c1-10-8-12(14(2,3)9-16)11-6-4-5-7-13(11)15-10/h4-9H,1-3H3. The maximum atomic E-state index is 11.2. The molecule has 0 aliphatic carbocycles. The molecule has 0 atom stereocenters. The second kappa shape index (κ2) is 3.71. The molecule has 0 amide bonds. The summed E-state index contributed by atoms with van der Waals surface area (Å²) < 4.78 is 0. The summed E-state index contributed by atoms with van der Waals surface area (Å²) in [5.41, 5.74) is 2.48. The molecular formula is C14H15NO. The third-order valence-electron chi connectivity index (χ3n) is 2.83. The van der Waals surface area contributed by atoms with Crippen LogP contribution in [-0.4, -0.2) is 11.3 Å². The number of aldehydes is 1. The van der Waals surface area contributed by atoms with Gasteiger partial charge >= 0.3 is 0 Å². The normalized spacial score (nSPS) is 11.7. The summed E-state index contributed by atoms with van der Waals surface area (Å²) in [5, 5.41) is 1.06. The third-order valence-corrected chi connectivity index (χ3v) is 2.83. The molecule has 0 saturated carbocycles. The van der Waals surface area contributed by atoms with Crippen molar-refractivity contribution in [3.8, 4) is 0 Å². The Balaban J connectivity index is 2.82. The molecule has 2 rings (SSSR count). The lowest BCUT2D eigenvalue weighted by Gasteiger charge is -2.20. The number of carbonyl (C=O) groups is 1. The van der Waals surface area contributed by atoms with Crippen molar-refractivity contribution >= 4 is 17.2 Å². The highest BCUT2D eigenvalue weighted by molar-refractivity contribution is 5.87. The van der Waals surface area contributed by atoms with Gasteiger partial charge < -0.3 is 4.79 Å². The number of nitrogens with zero attached hydrogens (tertiary/aromatic N) is 1. The number of benzene rings is 1. The number of hydrogen-bond acceptors (Lipinski definition) is 2. The van der Waals surface area contributed by atoms with Crippen molar-refractivity contribution in [3.63, 3.8) is 0 Å². The number of aromatic nitrogens is 1. The van der Waals surface area contributed by atoms with E-state index in [9.17, 15) is 4.79 Å². The molecule has 2 heteroatoms. The van der Waals surface area contributed by atoms with Gasteiger partial charge in [0.1, 0.15) is 6.29 Å². The fourth-order valence-corrected chi connectivity index (χ4v) is 1.90. The molecule has 1 aromatic carbocycles. The average Bonchev–Trinajstić information content (AvgIpc) is 2.28. The number of hydrogen-bond donors (Lipinski definition) is 0. The van der Waals surface area contributed by atoms with Gasteiger partial charge in [-0.1, -0.05) is 18.2 Å². The van der Waals surface area contributed by atoms with Gasteiger partial charge in [-0.05, 0) is 38.5 Å². The molecule has 0 fully saturated rings. The maximum absolute atomic E-state index is 11.2. The van der Waals surface area contributed by atoms with E-state index in [2.05, 4.69) is 4.98 Å². The van der Waals surface area contributed by atoms with E-state index < -0.39 is 5.41 Å². The van der Waals surface area contributed by atoms with Crippen molar-refractivity contribution in [2.24, 2.45) is 0 Å². The summed E-state index contributed by atoms with van der Waals surface area (Å²) in [6.45, 7) is 5.82. The molecule has 0 saturated heterocycles. The van der Waals surface area contributed by atoms with E-state index in [0.29, 0.717) is 0 Å². The van der Waals surface area contributed by atoms with E-state index in [1.165, 1.54) is 0 Å². The Morgan fingerprint density at radius 1 is 1.25 bits per heavy atom. The summed E-state index contributed by atoms with van der Waals surface area (Å²) in [6, 6.07) is 9.93. The van der Waals surface area contributed by atoms with Crippen LogP contribution in [0.1, 0.15) is 25.1 Å². The summed E-state index contributed by atoms with van der Waals surface area (Å²) >= 11 is 0. The molecule has 0 N–H and O–H groups in total. The van der Waals surface area contributed by atoms with Gasteiger partial charge in [0, 0.05) is 16.5 Å². The topological polar surface area (TPSA) is 30.0 Å². The second-order valence-electron chi connectivity index (χ2n) is 4.67. The van der Waals surface area contributed by atoms with Gasteiger partial charge in [-0.3, -0.25) is 4.98 Å². The Bertz CT molecular complexity index is 543. The zero-order valence-electron chi connectivity index (χ0n) is 9.82. The number of aryl methyl sites for hydroxylation is 1. The van der Waals surface area contributed by atoms with Gasteiger partial charge in [0.05, 0.1) is 5.52 Å². The summed E-state index contributed by atoms with van der Waals surface area (Å²) in [4.78, 5) is 15.6. The Morgan fingerprint density at radius 2 is 1.94 bits per heavy atom. The van der Waals surface area contributed by atoms with Crippen molar-refractivity contribution in [2.45, 2.75) is 26.2 Å². The molecule has 2 nitrogen and oxygen atoms in total. The van der Waals surface area contributed by atoms with Crippen molar-refractivity contribution in [3.05, 3.63) is 41.6 Å². The first-order chi connectivity index (χ1) is 7.54. The summed E-state index contributed by atoms with van der Waals surface area (Å²) in [6.07, 6.45) is 0.994. The summed E-state index contributed by atoms with van der Waals surface area (Å²) in [7, 11) is 0. The molecular weight excluding hydrogens is 198 g/mol. The number of para-hydroxylation sites is 1. The minimum atomic E-state index is -0.465. The zero-order valence-corrected chi connectivity index (χ0v) is 9.82. The Labute approximate surface area is 95.3 Å². The van der Waals surface area contributed by atoms with E-state index >= 15 is 0 Å². The quantitative estimate of drug-likeness (QED) is 0.718. The highest BCUT2D eigenvalue weighted by Gasteiger charge is 2.22. The molecule has 0 radical (unpaired) electrons. The van der Waals surface area contributed by atoms with Gasteiger partial charge in [-0.2, -0.15) is 0 Å². The van der Waals surface area contributed by atoms with E-state index in [1.807, 2.05) is 51.1 Å². The number of pyridine rings is 1. The molecule has 82 valence electrons. The minimum absolute atomic E-state index is 0.465. The lowest BCUT2D eigenvalue weighted by atomic mass is 9.84. The lowest BCUT2D eigenvalue weighted by molar-refractivity contribution is -0.111. The van der Waals surface area contributed by atoms with Crippen LogP contribution < -0.4 is 0 Å². The Kier molecular flexibility index (Phi) is 2.50. The predicted molar refractivity (Wildman–Crippen MR) is 65.6 cm³/mol. The highest BCUT2D eigenvalue weighted by atomic mass is 16.1. The van der Waals surface area contributed by atoms with Crippen molar-refractivity contribution < 1.29 is 4.79 Å². The maximum Gasteiger partial charge on any atom is 0.129 e. The van der Waals surface area contributed by atoms with Gasteiger partial charge in [0.25, 0.3) is 0 Å². The predicted octanol–water partition coefficient (Wildman–Crippen LogP) is 3.02. The Morgan fingerprint density at radius 3 is 2.62 bits per heavy atom. The van der Waals surface area contributed by atoms with Crippen molar-refractivity contribution in [1.82, 2.24) is 4.98 Å². The zero-order chi connectivity index (χ0) is 11.8. The van der Waals surface area contributed by atoms with Crippen LogP contribution in [0.25, 0.3) is 10.9 Å². The molecule has 0 unspecified atom stereocenters. The van der Waals surface area contributed by atoms with Crippen molar-refractivity contribution in [1.29, 1.82) is 0 Å².